The minimum absolute atomic E-state index is 0.00353. The average Bonchev–Trinajstić information content (AvgIpc) is 2.75. The SMILES string of the molecule is CSCCC(N)C(=O)NC(CC(C)C)C(=O)N1CCCC1C(=O)NC(C(=O)NC(Cc1cnc[nH]1)C(=O)NC(Cc1ccccc1)C(=O)NC(Cc1ccc(O)cc1)C(=O)NCC(=O)NC(CCCN=C(N)N)C(=O)NC(C(=O)O)C(C)C)C(C)C. The Hall–Kier alpha value is -8.27. The second-order valence-electron chi connectivity index (χ2n) is 22.4. The molecule has 1 aliphatic heterocycles. The number of aliphatic carboxylic acids is 1. The van der Waals surface area contributed by atoms with Gasteiger partial charge in [0.1, 0.15) is 54.1 Å². The fraction of sp³-hybridized carbons (Fsp3) is 0.552. The van der Waals surface area contributed by atoms with Crippen LogP contribution in [0, 0.1) is 17.8 Å². The highest BCUT2D eigenvalue weighted by molar-refractivity contribution is 7.98. The van der Waals surface area contributed by atoms with Crippen molar-refractivity contribution in [3.8, 4) is 5.75 Å². The Morgan fingerprint density at radius 1 is 0.698 bits per heavy atom. The summed E-state index contributed by atoms with van der Waals surface area (Å²) >= 11 is 1.54. The maximum Gasteiger partial charge on any atom is 0.326 e. The number of nitrogens with one attached hydrogen (secondary N) is 9. The van der Waals surface area contributed by atoms with Gasteiger partial charge in [0.05, 0.1) is 18.9 Å². The number of H-pyrrole nitrogens is 1. The quantitative estimate of drug-likeness (QED) is 0.0195. The van der Waals surface area contributed by atoms with Crippen LogP contribution in [0.1, 0.15) is 96.9 Å². The van der Waals surface area contributed by atoms with Crippen LogP contribution in [0.5, 0.6) is 5.75 Å². The van der Waals surface area contributed by atoms with Gasteiger partial charge in [0.2, 0.25) is 53.2 Å². The molecule has 9 atom stereocenters. The Morgan fingerprint density at radius 3 is 1.85 bits per heavy atom. The molecular formula is C58H87N15O12S. The van der Waals surface area contributed by atoms with E-state index >= 15 is 0 Å². The number of thioether (sulfide) groups is 1. The minimum Gasteiger partial charge on any atom is -0.508 e. The van der Waals surface area contributed by atoms with Crippen LogP contribution in [0.2, 0.25) is 0 Å². The number of carboxylic acids is 1. The maximum absolute atomic E-state index is 14.7. The molecule has 86 heavy (non-hydrogen) atoms. The first-order chi connectivity index (χ1) is 40.8. The molecule has 4 rings (SSSR count). The number of nitrogens with zero attached hydrogens (tertiary/aromatic N) is 3. The molecule has 9 amide bonds. The van der Waals surface area contributed by atoms with Crippen molar-refractivity contribution < 1.29 is 58.2 Å². The van der Waals surface area contributed by atoms with Crippen LogP contribution < -0.4 is 59.7 Å². The number of hydrogen-bond donors (Lipinski definition) is 14. The number of aromatic hydroxyl groups is 1. The summed E-state index contributed by atoms with van der Waals surface area (Å²) in [7, 11) is 0. The second kappa shape index (κ2) is 35.3. The van der Waals surface area contributed by atoms with E-state index in [9.17, 15) is 58.2 Å². The van der Waals surface area contributed by atoms with Crippen molar-refractivity contribution in [3.63, 3.8) is 0 Å². The van der Waals surface area contributed by atoms with Crippen molar-refractivity contribution in [3.05, 3.63) is 83.9 Å². The lowest BCUT2D eigenvalue weighted by molar-refractivity contribution is -0.143. The minimum atomic E-state index is -1.44. The third-order valence-corrected chi connectivity index (χ3v) is 14.8. The van der Waals surface area contributed by atoms with Crippen LogP contribution in [-0.4, -0.2) is 176 Å². The van der Waals surface area contributed by atoms with Crippen LogP contribution in [-0.2, 0) is 67.2 Å². The number of benzene rings is 2. The molecule has 472 valence electrons. The zero-order valence-electron chi connectivity index (χ0n) is 49.9. The summed E-state index contributed by atoms with van der Waals surface area (Å²) < 4.78 is 0. The molecule has 27 nitrogen and oxygen atoms in total. The number of guanidine groups is 1. The number of phenols is 1. The zero-order chi connectivity index (χ0) is 63.6. The van der Waals surface area contributed by atoms with Crippen LogP contribution in [0.4, 0.5) is 0 Å². The number of aromatic nitrogens is 2. The molecule has 0 radical (unpaired) electrons. The van der Waals surface area contributed by atoms with Gasteiger partial charge in [-0.15, -0.1) is 0 Å². The molecule has 1 saturated heterocycles. The third kappa shape index (κ3) is 23.3. The van der Waals surface area contributed by atoms with Crippen molar-refractivity contribution in [2.24, 2.45) is 39.9 Å². The number of likely N-dealkylation sites (tertiary alicyclic amines) is 1. The van der Waals surface area contributed by atoms with Gasteiger partial charge in [0.25, 0.3) is 0 Å². The van der Waals surface area contributed by atoms with Gasteiger partial charge in [0, 0.05) is 44.2 Å². The number of carboxylic acid groups (broad SMARTS) is 1. The highest BCUT2D eigenvalue weighted by Gasteiger charge is 2.41. The van der Waals surface area contributed by atoms with Crippen LogP contribution in [0.15, 0.2) is 72.1 Å². The molecular weight excluding hydrogens is 1130 g/mol. The van der Waals surface area contributed by atoms with Gasteiger partial charge >= 0.3 is 5.97 Å². The first kappa shape index (κ1) is 70.2. The summed E-state index contributed by atoms with van der Waals surface area (Å²) in [6.07, 6.45) is 5.86. The average molecular weight is 1220 g/mol. The normalized spacial score (nSPS) is 15.8. The molecule has 1 aliphatic rings. The summed E-state index contributed by atoms with van der Waals surface area (Å²) in [5, 5.41) is 41.1. The number of carbonyl (C=O) groups excluding carboxylic acids is 9. The Labute approximate surface area is 505 Å². The lowest BCUT2D eigenvalue weighted by atomic mass is 10.00. The van der Waals surface area contributed by atoms with Crippen molar-refractivity contribution >= 4 is 76.9 Å². The number of nitrogens with two attached hydrogens (primary N) is 3. The smallest absolute Gasteiger partial charge is 0.326 e. The van der Waals surface area contributed by atoms with Crippen molar-refractivity contribution in [2.75, 3.05) is 31.6 Å². The standard InChI is InChI=1S/C58H87N15O12S/c1-32(2)25-44(70-49(76)39(59)21-24-86-7)56(83)73-23-12-16-45(73)54(81)71-47(33(3)4)55(82)69-43(28-37-29-62-31-65-37)53(80)68-42(26-35-13-9-8-10-14-35)52(79)67-41(27-36-17-19-38(74)20-18-36)50(77)64-30-46(75)66-40(15-11-22-63-58(60)61)51(78)72-48(34(5)6)57(84)85/h8-10,13-14,17-20,29,31-34,39-45,47-48,74H,11-12,15-16,21-28,30,59H2,1-7H3,(H,62,65)(H,64,77)(H,66,75)(H,67,79)(H,68,80)(H,69,82)(H,70,76)(H,71,81)(H,72,78)(H,84,85)(H4,60,61,63). The lowest BCUT2D eigenvalue weighted by Crippen LogP contribution is -2.61. The van der Waals surface area contributed by atoms with E-state index in [1.165, 1.54) is 41.7 Å². The number of carbonyl (C=O) groups is 10. The fourth-order valence-corrected chi connectivity index (χ4v) is 9.97. The summed E-state index contributed by atoms with van der Waals surface area (Å²) in [5.41, 5.74) is 18.5. The Kier molecular flexibility index (Phi) is 28.8. The van der Waals surface area contributed by atoms with Gasteiger partial charge in [-0.05, 0) is 91.5 Å². The van der Waals surface area contributed by atoms with Crippen molar-refractivity contribution in [1.29, 1.82) is 0 Å². The Morgan fingerprint density at radius 2 is 1.28 bits per heavy atom. The first-order valence-corrected chi connectivity index (χ1v) is 30.2. The monoisotopic (exact) mass is 1220 g/mol. The molecule has 0 spiro atoms. The number of aliphatic imine (C=N–C) groups is 1. The largest absolute Gasteiger partial charge is 0.508 e. The predicted octanol–water partition coefficient (Wildman–Crippen LogP) is -0.779. The van der Waals surface area contributed by atoms with E-state index in [1.807, 2.05) is 20.1 Å². The molecule has 1 aromatic heterocycles. The number of hydrogen-bond acceptors (Lipinski definition) is 15. The third-order valence-electron chi connectivity index (χ3n) is 14.2. The number of phenolic OH excluding ortho intramolecular Hbond substituents is 1. The molecule has 9 unspecified atom stereocenters. The fourth-order valence-electron chi connectivity index (χ4n) is 9.48. The molecule has 0 bridgehead atoms. The van der Waals surface area contributed by atoms with E-state index < -0.39 is 132 Å². The van der Waals surface area contributed by atoms with E-state index in [0.717, 1.165) is 0 Å². The zero-order valence-corrected chi connectivity index (χ0v) is 50.7. The molecule has 0 saturated carbocycles. The van der Waals surface area contributed by atoms with Gasteiger partial charge < -0.3 is 79.8 Å². The van der Waals surface area contributed by atoms with Crippen molar-refractivity contribution in [2.45, 2.75) is 154 Å². The first-order valence-electron chi connectivity index (χ1n) is 28.8. The van der Waals surface area contributed by atoms with E-state index in [0.29, 0.717) is 41.8 Å². The van der Waals surface area contributed by atoms with Gasteiger partial charge in [-0.1, -0.05) is 84.0 Å². The van der Waals surface area contributed by atoms with Gasteiger partial charge in [-0.25, -0.2) is 9.78 Å². The van der Waals surface area contributed by atoms with Crippen LogP contribution in [0.3, 0.4) is 0 Å². The maximum atomic E-state index is 14.7. The van der Waals surface area contributed by atoms with Crippen LogP contribution in [0.25, 0.3) is 0 Å². The predicted molar refractivity (Wildman–Crippen MR) is 323 cm³/mol. The summed E-state index contributed by atoms with van der Waals surface area (Å²) in [5.74, 6) is -8.52. The summed E-state index contributed by atoms with van der Waals surface area (Å²) in [6, 6.07) is 3.55. The lowest BCUT2D eigenvalue weighted by Gasteiger charge is -2.32. The molecule has 2 aromatic carbocycles. The van der Waals surface area contributed by atoms with Gasteiger partial charge in [-0.3, -0.25) is 48.1 Å². The Balaban J connectivity index is 1.58. The van der Waals surface area contributed by atoms with E-state index in [2.05, 4.69) is 57.5 Å². The number of amides is 9. The molecule has 2 heterocycles. The highest BCUT2D eigenvalue weighted by Crippen LogP contribution is 2.22. The molecule has 28 heteroatoms. The van der Waals surface area contributed by atoms with E-state index in [4.69, 9.17) is 17.2 Å². The molecule has 3 aromatic rings. The van der Waals surface area contributed by atoms with E-state index in [1.54, 1.807) is 69.8 Å². The topological polar surface area (TPSA) is 430 Å². The second-order valence-corrected chi connectivity index (χ2v) is 23.4. The van der Waals surface area contributed by atoms with E-state index in [-0.39, 0.29) is 69.2 Å². The van der Waals surface area contributed by atoms with Gasteiger partial charge in [-0.2, -0.15) is 11.8 Å². The molecule has 1 fully saturated rings. The Bertz CT molecular complexity index is 2770. The number of aromatic amines is 1. The highest BCUT2D eigenvalue weighted by atomic mass is 32.2. The summed E-state index contributed by atoms with van der Waals surface area (Å²) in [6.45, 7) is 9.99. The van der Waals surface area contributed by atoms with Crippen molar-refractivity contribution in [1.82, 2.24) is 57.4 Å². The molecule has 0 aliphatic carbocycles. The molecule has 17 N–H and O–H groups in total. The summed E-state index contributed by atoms with van der Waals surface area (Å²) in [4.78, 5) is 151. The van der Waals surface area contributed by atoms with Crippen LogP contribution >= 0.6 is 11.8 Å². The number of rotatable bonds is 35. The van der Waals surface area contributed by atoms with Gasteiger partial charge in [0.15, 0.2) is 5.96 Å². The number of imidazole rings is 1.